The molecule has 1 spiro atoms. The molecule has 4 aliphatic carbocycles. The van der Waals surface area contributed by atoms with Gasteiger partial charge in [-0.15, -0.1) is 5.23 Å². The summed E-state index contributed by atoms with van der Waals surface area (Å²) < 4.78 is 0. The number of benzene rings is 2. The van der Waals surface area contributed by atoms with Gasteiger partial charge in [-0.3, -0.25) is 4.98 Å². The van der Waals surface area contributed by atoms with Gasteiger partial charge < -0.3 is 0 Å². The number of pyridine rings is 1. The maximum Gasteiger partial charge on any atom is 0.161 e. The Bertz CT molecular complexity index is 1690. The fourth-order valence-electron chi connectivity index (χ4n) is 9.28. The molecular formula is C36H36N4O2. The summed E-state index contributed by atoms with van der Waals surface area (Å²) in [6.45, 7) is 8.17. The van der Waals surface area contributed by atoms with Gasteiger partial charge in [0.1, 0.15) is 11.2 Å². The molecule has 0 amide bonds. The number of hydrogen-bond donors (Lipinski definition) is 0. The molecule has 6 nitrogen and oxygen atoms in total. The van der Waals surface area contributed by atoms with Crippen molar-refractivity contribution in [2.45, 2.75) is 70.0 Å². The van der Waals surface area contributed by atoms with E-state index in [1.54, 1.807) is 11.8 Å². The molecule has 0 N–H and O–H groups in total. The standard InChI is InChI=1S/C36H36N4O2/c1-33(2)34(3,4)42-40(41-33)29-9-5-7-23(15-29)31-18-30(38-32(39-31)24-8-6-14-37-21-24)22-10-12-25(13-11-22)35-19-27-16-26-17-28(20-35)36(26,27)35/h5-15,18,21,26-28H,16-17,19-20H2,1-4H3/t26?,27-,28+,35?,36?. The number of nitrogens with zero attached hydrogens (tertiary/aromatic N) is 4. The van der Waals surface area contributed by atoms with Crippen LogP contribution in [0, 0.1) is 23.2 Å². The monoisotopic (exact) mass is 556 g/mol. The summed E-state index contributed by atoms with van der Waals surface area (Å²) in [6.07, 6.45) is 9.38. The summed E-state index contributed by atoms with van der Waals surface area (Å²) in [4.78, 5) is 26.8. The van der Waals surface area contributed by atoms with E-state index in [1.807, 2.05) is 58.2 Å². The van der Waals surface area contributed by atoms with Crippen molar-refractivity contribution in [3.63, 3.8) is 0 Å². The van der Waals surface area contributed by atoms with E-state index in [0.717, 1.165) is 51.5 Å². The molecule has 0 radical (unpaired) electrons. The number of anilines is 1. The summed E-state index contributed by atoms with van der Waals surface area (Å²) in [5, 5.41) is 1.54. The Morgan fingerprint density at radius 1 is 0.714 bits per heavy atom. The molecule has 1 aliphatic heterocycles. The van der Waals surface area contributed by atoms with E-state index in [-0.39, 0.29) is 0 Å². The lowest BCUT2D eigenvalue weighted by Crippen LogP contribution is -2.87. The van der Waals surface area contributed by atoms with Gasteiger partial charge in [-0.2, -0.15) is 0 Å². The number of rotatable bonds is 5. The normalized spacial score (nSPS) is 32.5. The van der Waals surface area contributed by atoms with E-state index in [1.165, 1.54) is 30.9 Å². The zero-order chi connectivity index (χ0) is 28.5. The molecule has 5 atom stereocenters. The second kappa shape index (κ2) is 8.06. The quantitative estimate of drug-likeness (QED) is 0.250. The lowest BCUT2D eigenvalue weighted by molar-refractivity contribution is -0.395. The third-order valence-electron chi connectivity index (χ3n) is 12.0. The van der Waals surface area contributed by atoms with Crippen LogP contribution in [0.1, 0.15) is 58.9 Å². The Balaban J connectivity index is 1.08. The zero-order valence-electron chi connectivity index (χ0n) is 24.7. The van der Waals surface area contributed by atoms with E-state index in [4.69, 9.17) is 19.6 Å². The van der Waals surface area contributed by atoms with Crippen LogP contribution in [-0.2, 0) is 15.1 Å². The minimum Gasteiger partial charge on any atom is -0.264 e. The topological polar surface area (TPSA) is 60.4 Å². The Hall–Kier alpha value is -3.61. The van der Waals surface area contributed by atoms with E-state index >= 15 is 0 Å². The molecule has 0 bridgehead atoms. The van der Waals surface area contributed by atoms with Crippen LogP contribution >= 0.6 is 0 Å². The fourth-order valence-corrected chi connectivity index (χ4v) is 9.28. The Morgan fingerprint density at radius 2 is 1.38 bits per heavy atom. The number of aromatic nitrogens is 3. The SMILES string of the molecule is CC1(C)ON(c2cccc(-c3cc(-c4ccc(C56C[C@H]7CC8C[C@@H](C5)C876)cc4)nc(-c4cccnc4)n3)c2)OC1(C)C. The van der Waals surface area contributed by atoms with Crippen LogP contribution in [0.2, 0.25) is 0 Å². The van der Waals surface area contributed by atoms with Gasteiger partial charge in [0.05, 0.1) is 17.1 Å². The minimum atomic E-state index is -0.469. The highest BCUT2D eigenvalue weighted by molar-refractivity contribution is 5.73. The van der Waals surface area contributed by atoms with Gasteiger partial charge in [-0.1, -0.05) is 36.4 Å². The van der Waals surface area contributed by atoms with Gasteiger partial charge in [-0.25, -0.2) is 19.6 Å². The molecule has 3 heterocycles. The molecule has 1 saturated heterocycles. The summed E-state index contributed by atoms with van der Waals surface area (Å²) in [6, 6.07) is 23.5. The number of hydrogen-bond acceptors (Lipinski definition) is 6. The average Bonchev–Trinajstić information content (AvgIpc) is 3.18. The Labute approximate surface area is 247 Å². The maximum atomic E-state index is 6.19. The Morgan fingerprint density at radius 3 is 2.00 bits per heavy atom. The first-order valence-electron chi connectivity index (χ1n) is 15.4. The van der Waals surface area contributed by atoms with Gasteiger partial charge in [0.25, 0.3) is 0 Å². The smallest absolute Gasteiger partial charge is 0.161 e. The first kappa shape index (κ1) is 24.9. The van der Waals surface area contributed by atoms with Crippen LogP contribution in [-0.4, -0.2) is 26.2 Å². The van der Waals surface area contributed by atoms with Crippen LogP contribution in [0.15, 0.2) is 79.1 Å². The van der Waals surface area contributed by atoms with Crippen molar-refractivity contribution in [1.29, 1.82) is 0 Å². The third kappa shape index (κ3) is 3.04. The average molecular weight is 557 g/mol. The summed E-state index contributed by atoms with van der Waals surface area (Å²) >= 11 is 0. The molecule has 212 valence electrons. The highest BCUT2D eigenvalue weighted by Gasteiger charge is 2.87. The van der Waals surface area contributed by atoms with Crippen LogP contribution in [0.25, 0.3) is 33.9 Å². The predicted molar refractivity (Wildman–Crippen MR) is 162 cm³/mol. The van der Waals surface area contributed by atoms with Gasteiger partial charge in [-0.05, 0) is 112 Å². The lowest BCUT2D eigenvalue weighted by Gasteiger charge is -2.91. The second-order valence-electron chi connectivity index (χ2n) is 14.3. The molecule has 2 aromatic carbocycles. The van der Waals surface area contributed by atoms with Crippen LogP contribution in [0.3, 0.4) is 0 Å². The minimum absolute atomic E-state index is 0.461. The first-order valence-corrected chi connectivity index (χ1v) is 15.4. The van der Waals surface area contributed by atoms with Gasteiger partial charge in [0.15, 0.2) is 5.82 Å². The third-order valence-corrected chi connectivity index (χ3v) is 12.0. The largest absolute Gasteiger partial charge is 0.264 e. The molecule has 4 aromatic rings. The second-order valence-corrected chi connectivity index (χ2v) is 14.3. The van der Waals surface area contributed by atoms with Crippen LogP contribution in [0.5, 0.6) is 0 Å². The van der Waals surface area contributed by atoms with E-state index in [0.29, 0.717) is 16.7 Å². The van der Waals surface area contributed by atoms with Crippen molar-refractivity contribution in [2.75, 3.05) is 5.23 Å². The molecular weight excluding hydrogens is 520 g/mol. The Kier molecular flexibility index (Phi) is 4.78. The molecule has 9 rings (SSSR count). The molecule has 6 heteroatoms. The van der Waals surface area contributed by atoms with Crippen LogP contribution < -0.4 is 5.23 Å². The molecule has 5 fully saturated rings. The fraction of sp³-hybridized carbons (Fsp3) is 0.417. The summed E-state index contributed by atoms with van der Waals surface area (Å²) in [7, 11) is 0. The molecule has 42 heavy (non-hydrogen) atoms. The lowest BCUT2D eigenvalue weighted by atomic mass is 9.12. The van der Waals surface area contributed by atoms with Gasteiger partial charge >= 0.3 is 0 Å². The van der Waals surface area contributed by atoms with Crippen molar-refractivity contribution in [3.8, 4) is 33.9 Å². The van der Waals surface area contributed by atoms with Crippen molar-refractivity contribution < 1.29 is 9.68 Å². The summed E-state index contributed by atoms with van der Waals surface area (Å²) in [5.74, 6) is 3.68. The molecule has 3 unspecified atom stereocenters. The van der Waals surface area contributed by atoms with E-state index in [2.05, 4.69) is 47.4 Å². The molecule has 5 aliphatic rings. The van der Waals surface area contributed by atoms with Crippen molar-refractivity contribution >= 4 is 5.69 Å². The van der Waals surface area contributed by atoms with Gasteiger partial charge in [0.2, 0.25) is 0 Å². The summed E-state index contributed by atoms with van der Waals surface area (Å²) in [5.41, 5.74) is 7.29. The van der Waals surface area contributed by atoms with Crippen LogP contribution in [0.4, 0.5) is 5.69 Å². The van der Waals surface area contributed by atoms with Gasteiger partial charge in [0, 0.05) is 34.5 Å². The van der Waals surface area contributed by atoms with E-state index < -0.39 is 11.2 Å². The molecule has 4 saturated carbocycles. The van der Waals surface area contributed by atoms with E-state index in [9.17, 15) is 0 Å². The van der Waals surface area contributed by atoms with Crippen molar-refractivity contribution in [2.24, 2.45) is 23.2 Å². The van der Waals surface area contributed by atoms with Crippen molar-refractivity contribution in [3.05, 3.63) is 84.7 Å². The molecule has 2 aromatic heterocycles. The van der Waals surface area contributed by atoms with Crippen molar-refractivity contribution in [1.82, 2.24) is 15.0 Å². The highest BCUT2D eigenvalue weighted by atomic mass is 17.0. The maximum absolute atomic E-state index is 6.19. The zero-order valence-corrected chi connectivity index (χ0v) is 24.7. The first-order chi connectivity index (χ1) is 20.2. The highest BCUT2D eigenvalue weighted by Crippen LogP contribution is 2.92. The predicted octanol–water partition coefficient (Wildman–Crippen LogP) is 7.80.